The number of nitrogens with one attached hydrogen (secondary N) is 1. The Hall–Kier alpha value is -2.74. The lowest BCUT2D eigenvalue weighted by Gasteiger charge is -2.14. The van der Waals surface area contributed by atoms with E-state index in [1.807, 2.05) is 69.3 Å². The first kappa shape index (κ1) is 22.0. The lowest BCUT2D eigenvalue weighted by molar-refractivity contribution is 0.102. The second kappa shape index (κ2) is 10.3. The molecule has 0 heterocycles. The number of anilines is 1. The Morgan fingerprint density at radius 3 is 2.33 bits per heavy atom. The molecule has 0 aliphatic rings. The smallest absolute Gasteiger partial charge is 0.255 e. The average molecular weight is 517 g/mol. The molecule has 0 saturated heterocycles. The number of aryl methyl sites for hydroxylation is 1. The van der Waals surface area contributed by atoms with Gasteiger partial charge in [0.15, 0.2) is 11.5 Å². The van der Waals surface area contributed by atoms with Crippen LogP contribution in [0, 0.1) is 10.5 Å². The summed E-state index contributed by atoms with van der Waals surface area (Å²) in [6.45, 7) is 6.85. The molecule has 3 rings (SSSR count). The number of ether oxygens (including phenoxy) is 3. The number of benzene rings is 3. The second-order valence-electron chi connectivity index (χ2n) is 6.55. The summed E-state index contributed by atoms with van der Waals surface area (Å²) in [6.07, 6.45) is 0. The summed E-state index contributed by atoms with van der Waals surface area (Å²) in [5.41, 5.74) is 2.32. The van der Waals surface area contributed by atoms with E-state index in [9.17, 15) is 4.79 Å². The van der Waals surface area contributed by atoms with E-state index < -0.39 is 0 Å². The molecule has 30 heavy (non-hydrogen) atoms. The lowest BCUT2D eigenvalue weighted by atomic mass is 10.1. The molecule has 0 unspecified atom stereocenters. The molecule has 0 spiro atoms. The highest BCUT2D eigenvalue weighted by molar-refractivity contribution is 14.1. The van der Waals surface area contributed by atoms with E-state index in [1.54, 1.807) is 12.1 Å². The van der Waals surface area contributed by atoms with Crippen molar-refractivity contribution in [1.29, 1.82) is 0 Å². The van der Waals surface area contributed by atoms with Crippen molar-refractivity contribution in [3.05, 3.63) is 75.4 Å². The summed E-state index contributed by atoms with van der Waals surface area (Å²) < 4.78 is 18.0. The summed E-state index contributed by atoms with van der Waals surface area (Å²) in [6, 6.07) is 18.6. The van der Waals surface area contributed by atoms with Gasteiger partial charge in [-0.25, -0.2) is 0 Å². The van der Waals surface area contributed by atoms with Gasteiger partial charge < -0.3 is 19.5 Å². The molecule has 1 amide bonds. The molecule has 0 saturated carbocycles. The largest absolute Gasteiger partial charge is 0.490 e. The fourth-order valence-corrected chi connectivity index (χ4v) is 3.63. The Labute approximate surface area is 190 Å². The Morgan fingerprint density at radius 2 is 1.67 bits per heavy atom. The standard InChI is InChI=1S/C24H24INO4/c1-4-28-22-15-17(14-21(25)23(22)29-5-2)24(27)26-18-9-11-19(12-10-18)30-20-8-6-7-16(3)13-20/h6-15H,4-5H2,1-3H3,(H,26,27). The molecule has 1 N–H and O–H groups in total. The molecule has 0 aromatic heterocycles. The van der Waals surface area contributed by atoms with Crippen molar-refractivity contribution in [2.45, 2.75) is 20.8 Å². The number of carbonyl (C=O) groups excluding carboxylic acids is 1. The van der Waals surface area contributed by atoms with Crippen LogP contribution < -0.4 is 19.5 Å². The minimum atomic E-state index is -0.218. The molecule has 3 aromatic rings. The maximum Gasteiger partial charge on any atom is 0.255 e. The van der Waals surface area contributed by atoms with E-state index in [-0.39, 0.29) is 5.91 Å². The molecule has 0 fully saturated rings. The molecular formula is C24H24INO4. The summed E-state index contributed by atoms with van der Waals surface area (Å²) in [7, 11) is 0. The molecule has 0 aliphatic carbocycles. The number of amides is 1. The van der Waals surface area contributed by atoms with Crippen LogP contribution in [0.1, 0.15) is 29.8 Å². The zero-order valence-corrected chi connectivity index (χ0v) is 19.4. The molecule has 5 nitrogen and oxygen atoms in total. The normalized spacial score (nSPS) is 10.4. The first-order chi connectivity index (χ1) is 14.5. The molecule has 3 aromatic carbocycles. The maximum absolute atomic E-state index is 12.8. The predicted octanol–water partition coefficient (Wildman–Crippen LogP) is 6.44. The van der Waals surface area contributed by atoms with Gasteiger partial charge in [0.25, 0.3) is 5.91 Å². The Morgan fingerprint density at radius 1 is 0.933 bits per heavy atom. The highest BCUT2D eigenvalue weighted by Gasteiger charge is 2.16. The second-order valence-corrected chi connectivity index (χ2v) is 7.71. The Bertz CT molecular complexity index is 1020. The van der Waals surface area contributed by atoms with Crippen molar-refractivity contribution in [1.82, 2.24) is 0 Å². The van der Waals surface area contributed by atoms with Gasteiger partial charge in [-0.05, 0) is 97.5 Å². The highest BCUT2D eigenvalue weighted by atomic mass is 127. The zero-order valence-electron chi connectivity index (χ0n) is 17.2. The number of halogens is 1. The predicted molar refractivity (Wildman–Crippen MR) is 127 cm³/mol. The molecule has 156 valence electrons. The Balaban J connectivity index is 1.72. The SMILES string of the molecule is CCOc1cc(C(=O)Nc2ccc(Oc3cccc(C)c3)cc2)cc(I)c1OCC. The molecular weight excluding hydrogens is 493 g/mol. The summed E-state index contributed by atoms with van der Waals surface area (Å²) in [5, 5.41) is 2.91. The van der Waals surface area contributed by atoms with Gasteiger partial charge in [-0.3, -0.25) is 4.79 Å². The number of carbonyl (C=O) groups is 1. The minimum absolute atomic E-state index is 0.218. The van der Waals surface area contributed by atoms with Crippen LogP contribution in [0.3, 0.4) is 0 Å². The number of hydrogen-bond donors (Lipinski definition) is 1. The van der Waals surface area contributed by atoms with Crippen LogP contribution in [0.2, 0.25) is 0 Å². The summed E-state index contributed by atoms with van der Waals surface area (Å²) >= 11 is 2.15. The van der Waals surface area contributed by atoms with Crippen LogP contribution in [0.25, 0.3) is 0 Å². The fraction of sp³-hybridized carbons (Fsp3) is 0.208. The van der Waals surface area contributed by atoms with E-state index >= 15 is 0 Å². The van der Waals surface area contributed by atoms with Crippen LogP contribution in [-0.2, 0) is 0 Å². The zero-order chi connectivity index (χ0) is 21.5. The number of rotatable bonds is 8. The molecule has 6 heteroatoms. The van der Waals surface area contributed by atoms with Gasteiger partial charge >= 0.3 is 0 Å². The van der Waals surface area contributed by atoms with Crippen molar-refractivity contribution in [2.24, 2.45) is 0 Å². The van der Waals surface area contributed by atoms with Crippen LogP contribution >= 0.6 is 22.6 Å². The molecule has 0 aliphatic heterocycles. The highest BCUT2D eigenvalue weighted by Crippen LogP contribution is 2.34. The van der Waals surface area contributed by atoms with Crippen LogP contribution in [0.15, 0.2) is 60.7 Å². The summed E-state index contributed by atoms with van der Waals surface area (Å²) in [5.74, 6) is 2.49. The van der Waals surface area contributed by atoms with E-state index in [4.69, 9.17) is 14.2 Å². The van der Waals surface area contributed by atoms with E-state index in [2.05, 4.69) is 27.9 Å². The quantitative estimate of drug-likeness (QED) is 0.350. The average Bonchev–Trinajstić information content (AvgIpc) is 2.72. The van der Waals surface area contributed by atoms with Gasteiger partial charge in [-0.2, -0.15) is 0 Å². The Kier molecular flexibility index (Phi) is 7.57. The van der Waals surface area contributed by atoms with Crippen molar-refractivity contribution >= 4 is 34.2 Å². The van der Waals surface area contributed by atoms with E-state index in [0.29, 0.717) is 41.7 Å². The van der Waals surface area contributed by atoms with Crippen molar-refractivity contribution in [3.63, 3.8) is 0 Å². The lowest BCUT2D eigenvalue weighted by Crippen LogP contribution is -2.13. The maximum atomic E-state index is 12.8. The van der Waals surface area contributed by atoms with Crippen LogP contribution in [0.5, 0.6) is 23.0 Å². The van der Waals surface area contributed by atoms with Gasteiger partial charge in [0.2, 0.25) is 0 Å². The van der Waals surface area contributed by atoms with Gasteiger partial charge in [-0.1, -0.05) is 12.1 Å². The first-order valence-corrected chi connectivity index (χ1v) is 10.8. The van der Waals surface area contributed by atoms with Crippen LogP contribution in [-0.4, -0.2) is 19.1 Å². The monoisotopic (exact) mass is 517 g/mol. The van der Waals surface area contributed by atoms with Crippen molar-refractivity contribution in [2.75, 3.05) is 18.5 Å². The first-order valence-electron chi connectivity index (χ1n) is 9.75. The van der Waals surface area contributed by atoms with Gasteiger partial charge in [-0.15, -0.1) is 0 Å². The van der Waals surface area contributed by atoms with Crippen molar-refractivity contribution in [3.8, 4) is 23.0 Å². The molecule has 0 bridgehead atoms. The number of hydrogen-bond acceptors (Lipinski definition) is 4. The third-order valence-corrected chi connectivity index (χ3v) is 5.00. The van der Waals surface area contributed by atoms with Crippen molar-refractivity contribution < 1.29 is 19.0 Å². The topological polar surface area (TPSA) is 56.8 Å². The molecule has 0 atom stereocenters. The third kappa shape index (κ3) is 5.66. The molecule has 0 radical (unpaired) electrons. The fourth-order valence-electron chi connectivity index (χ4n) is 2.87. The third-order valence-electron chi connectivity index (χ3n) is 4.20. The van der Waals surface area contributed by atoms with E-state index in [0.717, 1.165) is 14.9 Å². The van der Waals surface area contributed by atoms with Gasteiger partial charge in [0, 0.05) is 11.3 Å². The van der Waals surface area contributed by atoms with Gasteiger partial charge in [0.05, 0.1) is 16.8 Å². The van der Waals surface area contributed by atoms with Gasteiger partial charge in [0.1, 0.15) is 11.5 Å². The minimum Gasteiger partial charge on any atom is -0.490 e. The van der Waals surface area contributed by atoms with Crippen LogP contribution in [0.4, 0.5) is 5.69 Å². The summed E-state index contributed by atoms with van der Waals surface area (Å²) in [4.78, 5) is 12.8. The van der Waals surface area contributed by atoms with E-state index in [1.165, 1.54) is 0 Å².